The SMILES string of the molecule is C[C@H]1CCOCCOCc2nc(cn2C)-c2nn(C3CCCCO3)c3ccc(cc23)O1. The number of nitrogens with zero attached hydrogens (tertiary/aromatic N) is 4. The number of aryl methyl sites for hydroxylation is 1. The maximum Gasteiger partial charge on any atom is 0.150 e. The molecule has 2 aliphatic rings. The number of imidazole rings is 1. The van der Waals surface area contributed by atoms with E-state index in [-0.39, 0.29) is 12.3 Å². The molecule has 4 heterocycles. The van der Waals surface area contributed by atoms with Crippen LogP contribution in [-0.2, 0) is 27.9 Å². The Balaban J connectivity index is 1.60. The Labute approximate surface area is 182 Å². The van der Waals surface area contributed by atoms with Crippen LogP contribution in [0.25, 0.3) is 22.3 Å². The molecule has 0 radical (unpaired) electrons. The summed E-state index contributed by atoms with van der Waals surface area (Å²) < 4.78 is 27.7. The van der Waals surface area contributed by atoms with Crippen LogP contribution in [0, 0.1) is 0 Å². The lowest BCUT2D eigenvalue weighted by molar-refractivity contribution is -0.0365. The molecule has 0 saturated carbocycles. The van der Waals surface area contributed by atoms with Crippen molar-refractivity contribution >= 4 is 10.9 Å². The van der Waals surface area contributed by atoms with Crippen molar-refractivity contribution in [2.45, 2.75) is 51.5 Å². The first-order valence-corrected chi connectivity index (χ1v) is 11.2. The molecule has 2 atom stereocenters. The fraction of sp³-hybridized carbons (Fsp3) is 0.565. The van der Waals surface area contributed by atoms with Crippen LogP contribution in [0.4, 0.5) is 0 Å². The van der Waals surface area contributed by atoms with Gasteiger partial charge in [0, 0.05) is 31.7 Å². The van der Waals surface area contributed by atoms with Gasteiger partial charge < -0.3 is 23.5 Å². The summed E-state index contributed by atoms with van der Waals surface area (Å²) in [7, 11) is 1.99. The molecule has 2 aliphatic heterocycles. The third-order valence-corrected chi connectivity index (χ3v) is 5.93. The Bertz CT molecular complexity index is 1040. The first-order valence-electron chi connectivity index (χ1n) is 11.2. The fourth-order valence-corrected chi connectivity index (χ4v) is 4.20. The first-order chi connectivity index (χ1) is 15.2. The molecule has 5 rings (SSSR count). The highest BCUT2D eigenvalue weighted by Crippen LogP contribution is 2.34. The summed E-state index contributed by atoms with van der Waals surface area (Å²) in [6, 6.07) is 6.18. The second-order valence-corrected chi connectivity index (χ2v) is 8.33. The molecule has 0 aliphatic carbocycles. The van der Waals surface area contributed by atoms with E-state index in [1.54, 1.807) is 0 Å². The zero-order valence-electron chi connectivity index (χ0n) is 18.2. The van der Waals surface area contributed by atoms with E-state index >= 15 is 0 Å². The predicted octanol–water partition coefficient (Wildman–Crippen LogP) is 3.84. The van der Waals surface area contributed by atoms with Gasteiger partial charge in [-0.1, -0.05) is 0 Å². The maximum atomic E-state index is 6.19. The van der Waals surface area contributed by atoms with E-state index in [1.807, 2.05) is 28.6 Å². The van der Waals surface area contributed by atoms with Gasteiger partial charge in [-0.05, 0) is 44.4 Å². The van der Waals surface area contributed by atoms with E-state index in [0.29, 0.717) is 26.4 Å². The summed E-state index contributed by atoms with van der Waals surface area (Å²) in [5.41, 5.74) is 2.71. The van der Waals surface area contributed by atoms with E-state index in [2.05, 4.69) is 19.1 Å². The van der Waals surface area contributed by atoms with Crippen molar-refractivity contribution in [3.05, 3.63) is 30.2 Å². The van der Waals surface area contributed by atoms with Gasteiger partial charge in [-0.3, -0.25) is 0 Å². The zero-order chi connectivity index (χ0) is 21.2. The molecule has 0 N–H and O–H groups in total. The molecular formula is C23H30N4O4. The third-order valence-electron chi connectivity index (χ3n) is 5.93. The van der Waals surface area contributed by atoms with Crippen LogP contribution in [0.15, 0.2) is 24.4 Å². The Kier molecular flexibility index (Phi) is 5.93. The number of benzene rings is 1. The molecule has 0 spiro atoms. The summed E-state index contributed by atoms with van der Waals surface area (Å²) in [4.78, 5) is 4.83. The average molecular weight is 427 g/mol. The summed E-state index contributed by atoms with van der Waals surface area (Å²) in [6.45, 7) is 5.02. The highest BCUT2D eigenvalue weighted by Gasteiger charge is 2.23. The third kappa shape index (κ3) is 4.33. The molecule has 1 saturated heterocycles. The molecule has 31 heavy (non-hydrogen) atoms. The lowest BCUT2D eigenvalue weighted by Gasteiger charge is -2.23. The van der Waals surface area contributed by atoms with Crippen molar-refractivity contribution in [1.82, 2.24) is 19.3 Å². The molecular weight excluding hydrogens is 396 g/mol. The van der Waals surface area contributed by atoms with Gasteiger partial charge in [-0.2, -0.15) is 5.10 Å². The van der Waals surface area contributed by atoms with E-state index in [1.165, 1.54) is 0 Å². The van der Waals surface area contributed by atoms with Crippen LogP contribution in [0.5, 0.6) is 5.75 Å². The molecule has 8 heteroatoms. The largest absolute Gasteiger partial charge is 0.491 e. The second-order valence-electron chi connectivity index (χ2n) is 8.33. The number of rotatable bonds is 1. The number of hydrogen-bond acceptors (Lipinski definition) is 6. The van der Waals surface area contributed by atoms with Crippen LogP contribution < -0.4 is 4.74 Å². The summed E-state index contributed by atoms with van der Waals surface area (Å²) in [6.07, 6.45) is 6.05. The monoisotopic (exact) mass is 426 g/mol. The molecule has 3 aromatic rings. The van der Waals surface area contributed by atoms with Crippen LogP contribution in [0.1, 0.15) is 44.7 Å². The Morgan fingerprint density at radius 2 is 1.94 bits per heavy atom. The second kappa shape index (κ2) is 8.98. The van der Waals surface area contributed by atoms with Crippen LogP contribution in [0.3, 0.4) is 0 Å². The van der Waals surface area contributed by atoms with E-state index in [9.17, 15) is 0 Å². The molecule has 4 bridgehead atoms. The number of hydrogen-bond donors (Lipinski definition) is 0. The first kappa shape index (κ1) is 20.5. The van der Waals surface area contributed by atoms with Gasteiger partial charge in [-0.15, -0.1) is 0 Å². The van der Waals surface area contributed by atoms with Crippen molar-refractivity contribution in [1.29, 1.82) is 0 Å². The minimum absolute atomic E-state index is 0.0477. The molecule has 1 unspecified atom stereocenters. The number of fused-ring (bicyclic) bond motifs is 4. The fourth-order valence-electron chi connectivity index (χ4n) is 4.20. The molecule has 0 amide bonds. The summed E-state index contributed by atoms with van der Waals surface area (Å²) >= 11 is 0. The summed E-state index contributed by atoms with van der Waals surface area (Å²) in [5.74, 6) is 1.69. The normalized spacial score (nSPS) is 23.2. The lowest BCUT2D eigenvalue weighted by Crippen LogP contribution is -2.19. The van der Waals surface area contributed by atoms with Crippen LogP contribution in [0.2, 0.25) is 0 Å². The van der Waals surface area contributed by atoms with Gasteiger partial charge >= 0.3 is 0 Å². The molecule has 8 nitrogen and oxygen atoms in total. The van der Waals surface area contributed by atoms with Gasteiger partial charge in [-0.25, -0.2) is 9.67 Å². The van der Waals surface area contributed by atoms with Crippen molar-refractivity contribution in [2.75, 3.05) is 26.4 Å². The van der Waals surface area contributed by atoms with Crippen molar-refractivity contribution in [3.8, 4) is 17.1 Å². The predicted molar refractivity (Wildman–Crippen MR) is 116 cm³/mol. The van der Waals surface area contributed by atoms with Crippen molar-refractivity contribution in [3.63, 3.8) is 0 Å². The van der Waals surface area contributed by atoms with Crippen molar-refractivity contribution < 1.29 is 18.9 Å². The van der Waals surface area contributed by atoms with Gasteiger partial charge in [0.1, 0.15) is 29.6 Å². The Hall–Kier alpha value is -2.42. The number of ether oxygens (including phenoxy) is 4. The average Bonchev–Trinajstić information content (AvgIpc) is 3.33. The van der Waals surface area contributed by atoms with Gasteiger partial charge in [0.25, 0.3) is 0 Å². The molecule has 1 aromatic carbocycles. The van der Waals surface area contributed by atoms with Gasteiger partial charge in [0.05, 0.1) is 31.4 Å². The Morgan fingerprint density at radius 3 is 2.81 bits per heavy atom. The highest BCUT2D eigenvalue weighted by molar-refractivity contribution is 5.93. The van der Waals surface area contributed by atoms with Crippen LogP contribution >= 0.6 is 0 Å². The van der Waals surface area contributed by atoms with E-state index in [4.69, 9.17) is 29.0 Å². The smallest absolute Gasteiger partial charge is 0.150 e. The van der Waals surface area contributed by atoms with Crippen molar-refractivity contribution in [2.24, 2.45) is 7.05 Å². The zero-order valence-corrected chi connectivity index (χ0v) is 18.2. The minimum Gasteiger partial charge on any atom is -0.491 e. The molecule has 2 aromatic heterocycles. The molecule has 166 valence electrons. The standard InChI is InChI=1S/C23H30N4O4/c1-16-8-10-28-11-12-29-15-21-24-19(14-26(21)2)23-18-13-17(31-16)6-7-20(18)27(25-23)22-5-3-4-9-30-22/h6-7,13-14,16,22H,3-5,8-12,15H2,1-2H3/t16-,22?/m0/s1. The van der Waals surface area contributed by atoms with Gasteiger partial charge in [0.15, 0.2) is 6.23 Å². The number of aromatic nitrogens is 4. The van der Waals surface area contributed by atoms with Gasteiger partial charge in [0.2, 0.25) is 0 Å². The van der Waals surface area contributed by atoms with E-state index in [0.717, 1.165) is 66.2 Å². The molecule has 1 fully saturated rings. The minimum atomic E-state index is -0.0477. The maximum absolute atomic E-state index is 6.19. The van der Waals surface area contributed by atoms with E-state index < -0.39 is 0 Å². The highest BCUT2D eigenvalue weighted by atomic mass is 16.5. The summed E-state index contributed by atoms with van der Waals surface area (Å²) in [5, 5.41) is 6.01. The van der Waals surface area contributed by atoms with Crippen LogP contribution in [-0.4, -0.2) is 51.9 Å². The lowest BCUT2D eigenvalue weighted by atomic mass is 10.1. The quantitative estimate of drug-likeness (QED) is 0.589. The topological polar surface area (TPSA) is 72.6 Å². The Morgan fingerprint density at radius 1 is 1.03 bits per heavy atom.